The summed E-state index contributed by atoms with van der Waals surface area (Å²) in [7, 11) is 1.63. The fourth-order valence-electron chi connectivity index (χ4n) is 1.68. The second-order valence-corrected chi connectivity index (χ2v) is 4.12. The number of aromatic nitrogens is 2. The van der Waals surface area contributed by atoms with Crippen LogP contribution in [0.5, 0.6) is 0 Å². The topological polar surface area (TPSA) is 93.2 Å². The molecule has 7 nitrogen and oxygen atoms in total. The summed E-state index contributed by atoms with van der Waals surface area (Å²) < 4.78 is 1.40. The molecule has 0 saturated heterocycles. The third-order valence-electron chi connectivity index (χ3n) is 2.67. The lowest BCUT2D eigenvalue weighted by Crippen LogP contribution is -2.02. The Morgan fingerprint density at radius 3 is 2.58 bits per heavy atom. The molecule has 0 saturated carbocycles. The second-order valence-electron chi connectivity index (χ2n) is 4.12. The maximum Gasteiger partial charge on any atom is 0.330 e. The molecule has 1 aromatic carbocycles. The van der Waals surface area contributed by atoms with E-state index in [-0.39, 0.29) is 18.1 Å². The molecule has 0 aliphatic rings. The molecule has 0 fully saturated rings. The van der Waals surface area contributed by atoms with Crippen molar-refractivity contribution in [3.8, 4) is 0 Å². The number of aliphatic hydroxyl groups excluding tert-OH is 1. The van der Waals surface area contributed by atoms with E-state index in [1.165, 1.54) is 10.9 Å². The number of nitrogens with one attached hydrogen (secondary N) is 1. The number of nitro groups is 1. The number of hydrogen-bond acceptors (Lipinski definition) is 5. The SMILES string of the molecule is Cn1cc([N+](=O)[O-])c(NCc2ccc(CO)cc2)n1. The van der Waals surface area contributed by atoms with E-state index in [0.717, 1.165) is 11.1 Å². The van der Waals surface area contributed by atoms with E-state index >= 15 is 0 Å². The number of rotatable bonds is 5. The maximum absolute atomic E-state index is 10.8. The minimum atomic E-state index is -0.468. The van der Waals surface area contributed by atoms with Gasteiger partial charge in [0.15, 0.2) is 0 Å². The van der Waals surface area contributed by atoms with Crippen LogP contribution in [-0.2, 0) is 20.2 Å². The molecule has 0 unspecified atom stereocenters. The zero-order valence-electron chi connectivity index (χ0n) is 10.4. The van der Waals surface area contributed by atoms with Crippen molar-refractivity contribution < 1.29 is 10.0 Å². The van der Waals surface area contributed by atoms with Crippen molar-refractivity contribution >= 4 is 11.5 Å². The van der Waals surface area contributed by atoms with Gasteiger partial charge < -0.3 is 10.4 Å². The van der Waals surface area contributed by atoms with Crippen LogP contribution in [0.25, 0.3) is 0 Å². The van der Waals surface area contributed by atoms with Crippen LogP contribution in [0.4, 0.5) is 11.5 Å². The minimum absolute atomic E-state index is 0.000574. The molecule has 2 aromatic rings. The van der Waals surface area contributed by atoms with Crippen molar-refractivity contribution in [3.63, 3.8) is 0 Å². The zero-order chi connectivity index (χ0) is 13.8. The van der Waals surface area contributed by atoms with E-state index in [9.17, 15) is 10.1 Å². The van der Waals surface area contributed by atoms with Gasteiger partial charge >= 0.3 is 5.69 Å². The molecular formula is C12H14N4O3. The van der Waals surface area contributed by atoms with Crippen molar-refractivity contribution in [2.24, 2.45) is 7.05 Å². The molecule has 7 heteroatoms. The van der Waals surface area contributed by atoms with Crippen LogP contribution in [0.2, 0.25) is 0 Å². The third-order valence-corrected chi connectivity index (χ3v) is 2.67. The Morgan fingerprint density at radius 1 is 1.37 bits per heavy atom. The van der Waals surface area contributed by atoms with Gasteiger partial charge in [0.1, 0.15) is 6.20 Å². The van der Waals surface area contributed by atoms with Gasteiger partial charge in [0.05, 0.1) is 11.5 Å². The van der Waals surface area contributed by atoms with Crippen LogP contribution in [0.3, 0.4) is 0 Å². The van der Waals surface area contributed by atoms with E-state index in [2.05, 4.69) is 10.4 Å². The lowest BCUT2D eigenvalue weighted by molar-refractivity contribution is -0.384. The number of aliphatic hydroxyl groups is 1. The molecule has 0 spiro atoms. The van der Waals surface area contributed by atoms with Crippen LogP contribution < -0.4 is 5.32 Å². The quantitative estimate of drug-likeness (QED) is 0.628. The van der Waals surface area contributed by atoms with E-state index in [4.69, 9.17) is 5.11 Å². The van der Waals surface area contributed by atoms with Gasteiger partial charge in [0.2, 0.25) is 5.82 Å². The maximum atomic E-state index is 10.8. The Labute approximate surface area is 109 Å². The van der Waals surface area contributed by atoms with E-state index in [1.54, 1.807) is 7.05 Å². The third kappa shape index (κ3) is 3.08. The van der Waals surface area contributed by atoms with Crippen LogP contribution in [0.1, 0.15) is 11.1 Å². The molecule has 1 heterocycles. The molecule has 100 valence electrons. The number of nitrogens with zero attached hydrogens (tertiary/aromatic N) is 3. The number of benzene rings is 1. The van der Waals surface area contributed by atoms with E-state index in [0.29, 0.717) is 6.54 Å². The Morgan fingerprint density at radius 2 is 2.00 bits per heavy atom. The largest absolute Gasteiger partial charge is 0.392 e. The first kappa shape index (κ1) is 13.0. The normalized spacial score (nSPS) is 10.4. The van der Waals surface area contributed by atoms with Crippen LogP contribution in [0, 0.1) is 10.1 Å². The van der Waals surface area contributed by atoms with E-state index < -0.39 is 4.92 Å². The first-order chi connectivity index (χ1) is 9.10. The molecule has 0 atom stereocenters. The predicted molar refractivity (Wildman–Crippen MR) is 69.6 cm³/mol. The van der Waals surface area contributed by atoms with Crippen molar-refractivity contribution in [2.75, 3.05) is 5.32 Å². The summed E-state index contributed by atoms with van der Waals surface area (Å²) in [5.41, 5.74) is 1.74. The summed E-state index contributed by atoms with van der Waals surface area (Å²) in [6, 6.07) is 7.33. The van der Waals surface area contributed by atoms with Crippen molar-refractivity contribution in [1.29, 1.82) is 0 Å². The molecular weight excluding hydrogens is 248 g/mol. The average Bonchev–Trinajstić information content (AvgIpc) is 2.78. The zero-order valence-corrected chi connectivity index (χ0v) is 10.4. The monoisotopic (exact) mass is 262 g/mol. The number of anilines is 1. The first-order valence-electron chi connectivity index (χ1n) is 5.70. The lowest BCUT2D eigenvalue weighted by Gasteiger charge is -2.04. The average molecular weight is 262 g/mol. The van der Waals surface area contributed by atoms with Gasteiger partial charge in [0.25, 0.3) is 0 Å². The molecule has 0 radical (unpaired) electrons. The Bertz CT molecular complexity index is 577. The standard InChI is InChI=1S/C12H14N4O3/c1-15-7-11(16(18)19)12(14-15)13-6-9-2-4-10(8-17)5-3-9/h2-5,7,17H,6,8H2,1H3,(H,13,14). The van der Waals surface area contributed by atoms with Gasteiger partial charge in [-0.3, -0.25) is 14.8 Å². The molecule has 19 heavy (non-hydrogen) atoms. The first-order valence-corrected chi connectivity index (χ1v) is 5.70. The minimum Gasteiger partial charge on any atom is -0.392 e. The van der Waals surface area contributed by atoms with Gasteiger partial charge in [-0.2, -0.15) is 0 Å². The second kappa shape index (κ2) is 5.49. The highest BCUT2D eigenvalue weighted by atomic mass is 16.6. The highest BCUT2D eigenvalue weighted by Crippen LogP contribution is 2.22. The number of aryl methyl sites for hydroxylation is 1. The van der Waals surface area contributed by atoms with Gasteiger partial charge in [-0.25, -0.2) is 0 Å². The molecule has 0 bridgehead atoms. The summed E-state index contributed by atoms with van der Waals surface area (Å²) in [6.07, 6.45) is 1.36. The van der Waals surface area contributed by atoms with Crippen molar-refractivity contribution in [1.82, 2.24) is 9.78 Å². The fraction of sp³-hybridized carbons (Fsp3) is 0.250. The molecule has 1 aromatic heterocycles. The number of hydrogen-bond donors (Lipinski definition) is 2. The molecule has 0 aliphatic heterocycles. The fourth-order valence-corrected chi connectivity index (χ4v) is 1.68. The van der Waals surface area contributed by atoms with E-state index in [1.807, 2.05) is 24.3 Å². The summed E-state index contributed by atoms with van der Waals surface area (Å²) in [5, 5.41) is 26.7. The summed E-state index contributed by atoms with van der Waals surface area (Å²) in [5.74, 6) is 0.249. The lowest BCUT2D eigenvalue weighted by atomic mass is 10.1. The van der Waals surface area contributed by atoms with Crippen LogP contribution in [0.15, 0.2) is 30.5 Å². The van der Waals surface area contributed by atoms with Crippen LogP contribution >= 0.6 is 0 Å². The van der Waals surface area contributed by atoms with Gasteiger partial charge in [-0.1, -0.05) is 24.3 Å². The van der Waals surface area contributed by atoms with Gasteiger partial charge in [0, 0.05) is 13.6 Å². The summed E-state index contributed by atoms with van der Waals surface area (Å²) in [4.78, 5) is 10.3. The van der Waals surface area contributed by atoms with Gasteiger partial charge in [-0.05, 0) is 11.1 Å². The Kier molecular flexibility index (Phi) is 3.76. The molecule has 2 N–H and O–H groups in total. The summed E-state index contributed by atoms with van der Waals surface area (Å²) in [6.45, 7) is 0.434. The molecule has 0 amide bonds. The van der Waals surface area contributed by atoms with Crippen LogP contribution in [-0.4, -0.2) is 19.8 Å². The highest BCUT2D eigenvalue weighted by molar-refractivity contribution is 5.54. The Hall–Kier alpha value is -2.41. The van der Waals surface area contributed by atoms with Crippen molar-refractivity contribution in [3.05, 3.63) is 51.7 Å². The summed E-state index contributed by atoms with van der Waals surface area (Å²) >= 11 is 0. The highest BCUT2D eigenvalue weighted by Gasteiger charge is 2.17. The van der Waals surface area contributed by atoms with Gasteiger partial charge in [-0.15, -0.1) is 5.10 Å². The molecule has 0 aliphatic carbocycles. The molecule has 2 rings (SSSR count). The Balaban J connectivity index is 2.07. The van der Waals surface area contributed by atoms with Crippen molar-refractivity contribution in [2.45, 2.75) is 13.2 Å². The smallest absolute Gasteiger partial charge is 0.330 e. The predicted octanol–water partition coefficient (Wildman–Crippen LogP) is 1.43.